The molecule has 3 heterocycles. The molecule has 0 saturated heterocycles. The van der Waals surface area contributed by atoms with Gasteiger partial charge < -0.3 is 8.98 Å². The summed E-state index contributed by atoms with van der Waals surface area (Å²) in [6.07, 6.45) is 0. The van der Waals surface area contributed by atoms with Crippen molar-refractivity contribution in [2.45, 2.75) is 0 Å². The molecule has 0 aliphatic heterocycles. The SMILES string of the molecule is c1ccc(-n2c3ccccc3c3oc4cccc(-c5cccc6sc7c8ccccc8ccc7c56)c4c32)cc1. The molecule has 0 spiro atoms. The van der Waals surface area contributed by atoms with Gasteiger partial charge in [0.1, 0.15) is 11.1 Å². The lowest BCUT2D eigenvalue weighted by molar-refractivity contribution is 0.673. The van der Waals surface area contributed by atoms with Gasteiger partial charge in [0.2, 0.25) is 0 Å². The fourth-order valence-electron chi connectivity index (χ4n) is 6.36. The van der Waals surface area contributed by atoms with Gasteiger partial charge in [-0.25, -0.2) is 0 Å². The summed E-state index contributed by atoms with van der Waals surface area (Å²) in [5.41, 5.74) is 7.69. The third-order valence-corrected chi connectivity index (χ3v) is 9.20. The number of nitrogens with zero attached hydrogens (tertiary/aromatic N) is 1. The number of benzene rings is 6. The first-order valence-corrected chi connectivity index (χ1v) is 14.0. The summed E-state index contributed by atoms with van der Waals surface area (Å²) in [7, 11) is 0. The average Bonchev–Trinajstić information content (AvgIpc) is 3.66. The molecule has 0 aliphatic carbocycles. The second kappa shape index (κ2) is 7.83. The van der Waals surface area contributed by atoms with Crippen molar-refractivity contribution >= 4 is 75.3 Å². The molecule has 0 atom stereocenters. The van der Waals surface area contributed by atoms with E-state index in [1.807, 2.05) is 11.3 Å². The van der Waals surface area contributed by atoms with Crippen LogP contribution < -0.4 is 0 Å². The predicted octanol–water partition coefficient (Wildman–Crippen LogP) is 10.7. The minimum Gasteiger partial charge on any atom is -0.454 e. The van der Waals surface area contributed by atoms with Crippen LogP contribution in [0.4, 0.5) is 0 Å². The Morgan fingerprint density at radius 2 is 1.28 bits per heavy atom. The first-order chi connectivity index (χ1) is 19.4. The molecule has 3 aromatic heterocycles. The molecular weight excluding hydrogens is 494 g/mol. The van der Waals surface area contributed by atoms with Crippen LogP contribution in [0.15, 0.2) is 132 Å². The molecular formula is C36H21NOS. The van der Waals surface area contributed by atoms with Crippen LogP contribution >= 0.6 is 11.3 Å². The number of para-hydroxylation sites is 2. The smallest absolute Gasteiger partial charge is 0.161 e. The van der Waals surface area contributed by atoms with Crippen LogP contribution in [-0.2, 0) is 0 Å². The number of aromatic nitrogens is 1. The molecule has 0 aliphatic rings. The van der Waals surface area contributed by atoms with Crippen molar-refractivity contribution < 1.29 is 4.42 Å². The molecule has 9 aromatic rings. The van der Waals surface area contributed by atoms with Gasteiger partial charge in [0, 0.05) is 31.2 Å². The van der Waals surface area contributed by atoms with Crippen molar-refractivity contribution in [1.82, 2.24) is 4.57 Å². The maximum atomic E-state index is 6.65. The van der Waals surface area contributed by atoms with E-state index in [2.05, 4.69) is 132 Å². The van der Waals surface area contributed by atoms with E-state index in [-0.39, 0.29) is 0 Å². The zero-order valence-corrected chi connectivity index (χ0v) is 21.7. The number of hydrogen-bond donors (Lipinski definition) is 0. The molecule has 0 fully saturated rings. The summed E-state index contributed by atoms with van der Waals surface area (Å²) in [4.78, 5) is 0. The lowest BCUT2D eigenvalue weighted by Gasteiger charge is -2.10. The molecule has 0 saturated carbocycles. The van der Waals surface area contributed by atoms with E-state index in [1.165, 1.54) is 42.1 Å². The largest absolute Gasteiger partial charge is 0.454 e. The lowest BCUT2D eigenvalue weighted by Crippen LogP contribution is -1.93. The van der Waals surface area contributed by atoms with Crippen LogP contribution in [0.1, 0.15) is 0 Å². The van der Waals surface area contributed by atoms with Gasteiger partial charge in [0.25, 0.3) is 0 Å². The molecule has 0 radical (unpaired) electrons. The predicted molar refractivity (Wildman–Crippen MR) is 166 cm³/mol. The number of rotatable bonds is 2. The number of furan rings is 1. The zero-order valence-electron chi connectivity index (χ0n) is 20.9. The normalized spacial score (nSPS) is 12.1. The highest BCUT2D eigenvalue weighted by molar-refractivity contribution is 7.26. The minimum atomic E-state index is 0.912. The molecule has 6 aromatic carbocycles. The van der Waals surface area contributed by atoms with Gasteiger partial charge in [-0.15, -0.1) is 11.3 Å². The summed E-state index contributed by atoms with van der Waals surface area (Å²) in [6.45, 7) is 0. The van der Waals surface area contributed by atoms with E-state index < -0.39 is 0 Å². The van der Waals surface area contributed by atoms with Gasteiger partial charge in [0.15, 0.2) is 5.58 Å². The molecule has 2 nitrogen and oxygen atoms in total. The number of thiophene rings is 1. The van der Waals surface area contributed by atoms with Crippen molar-refractivity contribution in [3.8, 4) is 16.8 Å². The summed E-state index contributed by atoms with van der Waals surface area (Å²) in [5.74, 6) is 0. The van der Waals surface area contributed by atoms with Crippen LogP contribution in [0.5, 0.6) is 0 Å². The Morgan fingerprint density at radius 1 is 0.538 bits per heavy atom. The van der Waals surface area contributed by atoms with Gasteiger partial charge in [0.05, 0.1) is 10.9 Å². The Balaban J connectivity index is 1.46. The highest BCUT2D eigenvalue weighted by Crippen LogP contribution is 2.47. The average molecular weight is 516 g/mol. The van der Waals surface area contributed by atoms with Gasteiger partial charge >= 0.3 is 0 Å². The minimum absolute atomic E-state index is 0.912. The van der Waals surface area contributed by atoms with Crippen LogP contribution in [0.3, 0.4) is 0 Å². The van der Waals surface area contributed by atoms with E-state index in [4.69, 9.17) is 4.42 Å². The second-order valence-electron chi connectivity index (χ2n) is 10.1. The molecule has 39 heavy (non-hydrogen) atoms. The number of fused-ring (bicyclic) bond motifs is 10. The van der Waals surface area contributed by atoms with Gasteiger partial charge in [-0.1, -0.05) is 91.0 Å². The van der Waals surface area contributed by atoms with Crippen LogP contribution in [0, 0.1) is 0 Å². The Kier molecular flexibility index (Phi) is 4.24. The Hall–Kier alpha value is -4.86. The standard InChI is InChI=1S/C36H21NOS/c1-2-11-23(12-3-1)37-29-17-7-6-14-27(29)35-34(37)33-26(15-8-18-30(33)38-35)25-16-9-19-31-32(25)28-21-20-22-10-4-5-13-24(22)36(28)39-31/h1-21H. The fraction of sp³-hybridized carbons (Fsp3) is 0. The lowest BCUT2D eigenvalue weighted by atomic mass is 9.95. The van der Waals surface area contributed by atoms with Gasteiger partial charge in [-0.05, 0) is 58.3 Å². The molecule has 9 rings (SSSR count). The van der Waals surface area contributed by atoms with E-state index in [0.717, 1.165) is 38.7 Å². The summed E-state index contributed by atoms with van der Waals surface area (Å²) >= 11 is 1.89. The third kappa shape index (κ3) is 2.85. The molecule has 0 bridgehead atoms. The van der Waals surface area contributed by atoms with E-state index >= 15 is 0 Å². The van der Waals surface area contributed by atoms with Crippen molar-refractivity contribution in [2.75, 3.05) is 0 Å². The Labute approximate surface area is 227 Å². The zero-order chi connectivity index (χ0) is 25.5. The first kappa shape index (κ1) is 21.1. The fourth-order valence-corrected chi connectivity index (χ4v) is 7.62. The van der Waals surface area contributed by atoms with Crippen molar-refractivity contribution in [3.63, 3.8) is 0 Å². The van der Waals surface area contributed by atoms with E-state index in [9.17, 15) is 0 Å². The van der Waals surface area contributed by atoms with Crippen LogP contribution in [0.25, 0.3) is 80.7 Å². The summed E-state index contributed by atoms with van der Waals surface area (Å²) in [5, 5.41) is 7.50. The quantitative estimate of drug-likeness (QED) is 0.224. The number of hydrogen-bond acceptors (Lipinski definition) is 2. The highest BCUT2D eigenvalue weighted by Gasteiger charge is 2.23. The van der Waals surface area contributed by atoms with Crippen molar-refractivity contribution in [3.05, 3.63) is 127 Å². The molecule has 182 valence electrons. The van der Waals surface area contributed by atoms with Crippen molar-refractivity contribution in [1.29, 1.82) is 0 Å². The van der Waals surface area contributed by atoms with Crippen LogP contribution in [0.2, 0.25) is 0 Å². The second-order valence-corrected chi connectivity index (χ2v) is 11.1. The van der Waals surface area contributed by atoms with Crippen LogP contribution in [-0.4, -0.2) is 4.57 Å². The van der Waals surface area contributed by atoms with Gasteiger partial charge in [-0.3, -0.25) is 0 Å². The third-order valence-electron chi connectivity index (χ3n) is 8.00. The van der Waals surface area contributed by atoms with E-state index in [0.29, 0.717) is 0 Å². The van der Waals surface area contributed by atoms with Gasteiger partial charge in [-0.2, -0.15) is 0 Å². The summed E-state index contributed by atoms with van der Waals surface area (Å²) in [6, 6.07) is 45.6. The molecule has 0 N–H and O–H groups in total. The molecule has 0 amide bonds. The summed E-state index contributed by atoms with van der Waals surface area (Å²) < 4.78 is 11.7. The maximum absolute atomic E-state index is 6.65. The topological polar surface area (TPSA) is 18.1 Å². The maximum Gasteiger partial charge on any atom is 0.161 e. The van der Waals surface area contributed by atoms with Crippen molar-refractivity contribution in [2.24, 2.45) is 0 Å². The Morgan fingerprint density at radius 3 is 2.18 bits per heavy atom. The highest BCUT2D eigenvalue weighted by atomic mass is 32.1. The monoisotopic (exact) mass is 515 g/mol. The molecule has 0 unspecified atom stereocenters. The first-order valence-electron chi connectivity index (χ1n) is 13.2. The molecule has 3 heteroatoms. The Bertz CT molecular complexity index is 2390. The van der Waals surface area contributed by atoms with E-state index in [1.54, 1.807) is 0 Å².